The van der Waals surface area contributed by atoms with E-state index in [9.17, 15) is 14.7 Å². The van der Waals surface area contributed by atoms with Crippen LogP contribution in [0, 0.1) is 0 Å². The number of ketones is 1. The van der Waals surface area contributed by atoms with Crippen molar-refractivity contribution in [3.63, 3.8) is 0 Å². The quantitative estimate of drug-likeness (QED) is 0.230. The highest BCUT2D eigenvalue weighted by Crippen LogP contribution is 2.44. The first-order chi connectivity index (χ1) is 16.8. The summed E-state index contributed by atoms with van der Waals surface area (Å²) < 4.78 is 11.7. The minimum atomic E-state index is -0.858. The number of amides is 1. The lowest BCUT2D eigenvalue weighted by atomic mass is 9.94. The predicted octanol–water partition coefficient (Wildman–Crippen LogP) is 6.22. The molecule has 7 heteroatoms. The zero-order valence-electron chi connectivity index (χ0n) is 19.9. The molecule has 1 unspecified atom stereocenters. The van der Waals surface area contributed by atoms with Crippen LogP contribution in [-0.4, -0.2) is 31.0 Å². The largest absolute Gasteiger partial charge is 0.507 e. The Kier molecular flexibility index (Phi) is 6.98. The molecule has 1 N–H and O–H groups in total. The van der Waals surface area contributed by atoms with Crippen molar-refractivity contribution in [2.24, 2.45) is 0 Å². The van der Waals surface area contributed by atoms with E-state index in [4.69, 9.17) is 9.47 Å². The maximum atomic E-state index is 13.4. The Morgan fingerprint density at radius 1 is 0.914 bits per heavy atom. The Balaban J connectivity index is 1.93. The van der Waals surface area contributed by atoms with E-state index in [1.807, 2.05) is 24.3 Å². The number of carbonyl (C=O) groups is 2. The van der Waals surface area contributed by atoms with Gasteiger partial charge in [0.2, 0.25) is 0 Å². The van der Waals surface area contributed by atoms with Crippen molar-refractivity contribution in [2.45, 2.75) is 25.8 Å². The second kappa shape index (κ2) is 9.96. The molecule has 3 aromatic rings. The van der Waals surface area contributed by atoms with Gasteiger partial charge in [0, 0.05) is 15.7 Å². The number of aliphatic hydroxyl groups excluding tert-OH is 1. The van der Waals surface area contributed by atoms with Gasteiger partial charge in [-0.3, -0.25) is 14.5 Å². The number of hydrogen-bond acceptors (Lipinski definition) is 5. The van der Waals surface area contributed by atoms with Gasteiger partial charge in [-0.1, -0.05) is 60.1 Å². The number of methoxy groups -OCH3 is 2. The number of ether oxygens (including phenoxy) is 2. The highest BCUT2D eigenvalue weighted by atomic mass is 79.9. The number of Topliss-reactive ketones (excluding diaryl/α,β-unsaturated/α-hetero) is 1. The molecule has 0 radical (unpaired) electrons. The van der Waals surface area contributed by atoms with Crippen LogP contribution in [0.4, 0.5) is 5.69 Å². The molecule has 180 valence electrons. The third-order valence-corrected chi connectivity index (χ3v) is 6.65. The minimum absolute atomic E-state index is 0.0116. The third-order valence-electron chi connectivity index (χ3n) is 6.12. The molecular formula is C28H26BrNO5. The van der Waals surface area contributed by atoms with Crippen LogP contribution < -0.4 is 14.4 Å². The smallest absolute Gasteiger partial charge is 0.300 e. The van der Waals surface area contributed by atoms with Gasteiger partial charge >= 0.3 is 0 Å². The molecule has 1 fully saturated rings. The summed E-state index contributed by atoms with van der Waals surface area (Å²) in [5.74, 6) is -0.411. The van der Waals surface area contributed by atoms with E-state index in [2.05, 4.69) is 29.8 Å². The molecule has 6 nitrogen and oxygen atoms in total. The van der Waals surface area contributed by atoms with E-state index in [0.29, 0.717) is 34.2 Å². The lowest BCUT2D eigenvalue weighted by Crippen LogP contribution is -2.29. The monoisotopic (exact) mass is 535 g/mol. The van der Waals surface area contributed by atoms with E-state index < -0.39 is 17.7 Å². The van der Waals surface area contributed by atoms with Gasteiger partial charge < -0.3 is 14.6 Å². The molecule has 1 aliphatic rings. The molecule has 35 heavy (non-hydrogen) atoms. The Morgan fingerprint density at radius 3 is 2.11 bits per heavy atom. The number of rotatable bonds is 6. The van der Waals surface area contributed by atoms with Gasteiger partial charge in [0.25, 0.3) is 11.7 Å². The van der Waals surface area contributed by atoms with Crippen molar-refractivity contribution in [1.82, 2.24) is 0 Å². The van der Waals surface area contributed by atoms with Crippen molar-refractivity contribution in [1.29, 1.82) is 0 Å². The molecule has 1 amide bonds. The van der Waals surface area contributed by atoms with Gasteiger partial charge in [0.05, 0.1) is 25.8 Å². The Hall–Kier alpha value is -3.58. The third kappa shape index (κ3) is 4.56. The van der Waals surface area contributed by atoms with E-state index >= 15 is 0 Å². The van der Waals surface area contributed by atoms with Crippen LogP contribution in [0.15, 0.2) is 76.8 Å². The van der Waals surface area contributed by atoms with Crippen LogP contribution >= 0.6 is 15.9 Å². The highest BCUT2D eigenvalue weighted by molar-refractivity contribution is 9.10. The van der Waals surface area contributed by atoms with Crippen LogP contribution in [0.5, 0.6) is 11.5 Å². The number of carbonyl (C=O) groups excluding carboxylic acids is 2. The number of anilines is 1. The maximum absolute atomic E-state index is 13.4. The summed E-state index contributed by atoms with van der Waals surface area (Å²) in [7, 11) is 3.05. The van der Waals surface area contributed by atoms with Crippen LogP contribution in [-0.2, 0) is 9.59 Å². The minimum Gasteiger partial charge on any atom is -0.507 e. The highest BCUT2D eigenvalue weighted by Gasteiger charge is 2.47. The number of hydrogen-bond donors (Lipinski definition) is 1. The van der Waals surface area contributed by atoms with E-state index in [1.54, 1.807) is 42.5 Å². The van der Waals surface area contributed by atoms with Crippen LogP contribution in [0.2, 0.25) is 0 Å². The molecule has 1 heterocycles. The molecule has 1 atom stereocenters. The standard InChI is InChI=1S/C28H26BrNO5/c1-16(2)17-7-12-21(13-8-17)30-25(19-9-14-22(34-3)23(15-19)35-4)24(27(32)28(30)33)26(31)18-5-10-20(29)11-6-18/h5-16,25,31H,1-4H3/b26-24-. The van der Waals surface area contributed by atoms with E-state index in [-0.39, 0.29) is 11.3 Å². The van der Waals surface area contributed by atoms with Crippen molar-refractivity contribution in [3.05, 3.63) is 93.5 Å². The fraction of sp³-hybridized carbons (Fsp3) is 0.214. The number of halogens is 1. The molecule has 0 saturated carbocycles. The Labute approximate surface area is 212 Å². The SMILES string of the molecule is COc1ccc(C2/C(=C(/O)c3ccc(Br)cc3)C(=O)C(=O)N2c2ccc(C(C)C)cc2)cc1OC. The van der Waals surface area contributed by atoms with Crippen molar-refractivity contribution >= 4 is 39.1 Å². The molecule has 1 saturated heterocycles. The van der Waals surface area contributed by atoms with Gasteiger partial charge in [-0.25, -0.2) is 0 Å². The van der Waals surface area contributed by atoms with E-state index in [1.165, 1.54) is 19.1 Å². The summed E-state index contributed by atoms with van der Waals surface area (Å²) in [6.07, 6.45) is 0. The first-order valence-corrected chi connectivity index (χ1v) is 11.9. The van der Waals surface area contributed by atoms with Crippen molar-refractivity contribution in [3.8, 4) is 11.5 Å². The van der Waals surface area contributed by atoms with Gasteiger partial charge in [-0.05, 0) is 53.4 Å². The topological polar surface area (TPSA) is 76.1 Å². The molecule has 3 aromatic carbocycles. The fourth-order valence-electron chi connectivity index (χ4n) is 4.22. The first kappa shape index (κ1) is 24.5. The average Bonchev–Trinajstić information content (AvgIpc) is 3.13. The van der Waals surface area contributed by atoms with Crippen LogP contribution in [0.25, 0.3) is 5.76 Å². The molecule has 4 rings (SSSR count). The molecule has 1 aliphatic heterocycles. The first-order valence-electron chi connectivity index (χ1n) is 11.2. The number of benzene rings is 3. The average molecular weight is 536 g/mol. The molecule has 0 aromatic heterocycles. The van der Waals surface area contributed by atoms with E-state index in [0.717, 1.165) is 10.0 Å². The lowest BCUT2D eigenvalue weighted by molar-refractivity contribution is -0.132. The van der Waals surface area contributed by atoms with Gasteiger partial charge in [0.1, 0.15) is 5.76 Å². The van der Waals surface area contributed by atoms with Gasteiger partial charge in [-0.15, -0.1) is 0 Å². The molecule has 0 aliphatic carbocycles. The van der Waals surface area contributed by atoms with Crippen LogP contribution in [0.1, 0.15) is 42.5 Å². The summed E-state index contributed by atoms with van der Waals surface area (Å²) in [5.41, 5.74) is 2.73. The summed E-state index contributed by atoms with van der Waals surface area (Å²) in [6, 6.07) is 18.8. The summed E-state index contributed by atoms with van der Waals surface area (Å²) in [6.45, 7) is 4.17. The van der Waals surface area contributed by atoms with Crippen molar-refractivity contribution in [2.75, 3.05) is 19.1 Å². The zero-order valence-corrected chi connectivity index (χ0v) is 21.5. The lowest BCUT2D eigenvalue weighted by Gasteiger charge is -2.26. The predicted molar refractivity (Wildman–Crippen MR) is 139 cm³/mol. The summed E-state index contributed by atoms with van der Waals surface area (Å²) in [5, 5.41) is 11.2. The zero-order chi connectivity index (χ0) is 25.3. The normalized spacial score (nSPS) is 17.2. The Bertz CT molecular complexity index is 1300. The molecule has 0 bridgehead atoms. The van der Waals surface area contributed by atoms with Crippen molar-refractivity contribution < 1.29 is 24.2 Å². The van der Waals surface area contributed by atoms with Crippen LogP contribution in [0.3, 0.4) is 0 Å². The summed E-state index contributed by atoms with van der Waals surface area (Å²) >= 11 is 3.38. The fourth-order valence-corrected chi connectivity index (χ4v) is 4.48. The number of aliphatic hydroxyl groups is 1. The number of nitrogens with zero attached hydrogens (tertiary/aromatic N) is 1. The second-order valence-electron chi connectivity index (χ2n) is 8.54. The maximum Gasteiger partial charge on any atom is 0.300 e. The molecule has 0 spiro atoms. The van der Waals surface area contributed by atoms with Gasteiger partial charge in [0.15, 0.2) is 11.5 Å². The molecular weight excluding hydrogens is 510 g/mol. The Morgan fingerprint density at radius 2 is 1.54 bits per heavy atom. The van der Waals surface area contributed by atoms with Gasteiger partial charge in [-0.2, -0.15) is 0 Å². The second-order valence-corrected chi connectivity index (χ2v) is 9.45. The summed E-state index contributed by atoms with van der Waals surface area (Å²) in [4.78, 5) is 28.1.